The van der Waals surface area contributed by atoms with Crippen LogP contribution < -0.4 is 47.3 Å². The Morgan fingerprint density at radius 3 is 1.46 bits per heavy atom. The molecule has 16 nitrogen and oxygen atoms in total. The number of carbonyl (C=O) groups excluding carboxylic acids is 5. The predicted molar refractivity (Wildman–Crippen MR) is 222 cm³/mol. The Morgan fingerprint density at radius 2 is 1.02 bits per heavy atom. The number of para-hydroxylation sites is 2. The Balaban J connectivity index is 1.52. The van der Waals surface area contributed by atoms with E-state index in [4.69, 9.17) is 29.2 Å². The summed E-state index contributed by atoms with van der Waals surface area (Å²) >= 11 is 0. The van der Waals surface area contributed by atoms with Gasteiger partial charge in [0.25, 0.3) is 0 Å². The Hall–Kier alpha value is -5.49. The molecule has 17 heteroatoms. The maximum atomic E-state index is 13.9. The van der Waals surface area contributed by atoms with E-state index in [0.717, 1.165) is 16.7 Å². The van der Waals surface area contributed by atoms with Crippen LogP contribution in [0.25, 0.3) is 0 Å². The van der Waals surface area contributed by atoms with Gasteiger partial charge in [0.15, 0.2) is 0 Å². The van der Waals surface area contributed by atoms with Crippen molar-refractivity contribution in [2.24, 2.45) is 5.73 Å². The van der Waals surface area contributed by atoms with Crippen molar-refractivity contribution in [3.8, 4) is 11.5 Å². The number of carbonyl (C=O) groups is 5. The van der Waals surface area contributed by atoms with Gasteiger partial charge < -0.3 is 50.4 Å². The SMILES string of the molecule is COc1ccccc1[C@@H]1O[B-](OC)(c2ccccc2CNC(C)(C)C(=O)NC(C)(C)C(=O)NC(C)(C)C(=O)NC(C)(C)C(=O)NCC(N)=O)O[C@H]1c1ccccc1OC. The summed E-state index contributed by atoms with van der Waals surface area (Å²) in [6.45, 7) is 9.33. The van der Waals surface area contributed by atoms with Crippen LogP contribution in [-0.2, 0) is 44.5 Å². The highest BCUT2D eigenvalue weighted by Gasteiger charge is 2.48. The second-order valence-corrected chi connectivity index (χ2v) is 16.5. The number of nitrogens with one attached hydrogen (secondary N) is 5. The van der Waals surface area contributed by atoms with E-state index in [2.05, 4.69) is 26.6 Å². The van der Waals surface area contributed by atoms with Crippen molar-refractivity contribution in [1.29, 1.82) is 0 Å². The number of hydrogen-bond acceptors (Lipinski definition) is 11. The lowest BCUT2D eigenvalue weighted by atomic mass is 9.67. The summed E-state index contributed by atoms with van der Waals surface area (Å²) in [6, 6.07) is 22.5. The van der Waals surface area contributed by atoms with Crippen LogP contribution in [0.2, 0.25) is 0 Å². The first kappa shape index (κ1) is 46.2. The van der Waals surface area contributed by atoms with Gasteiger partial charge >= 0.3 is 6.75 Å². The molecule has 4 rings (SSSR count). The molecule has 7 N–H and O–H groups in total. The van der Waals surface area contributed by atoms with Crippen LogP contribution in [0.3, 0.4) is 0 Å². The highest BCUT2D eigenvalue weighted by atomic mass is 16.8. The molecule has 0 aliphatic carbocycles. The molecule has 1 aliphatic heterocycles. The third-order valence-corrected chi connectivity index (χ3v) is 10.3. The monoisotopic (exact) mass is 817 g/mol. The van der Waals surface area contributed by atoms with Gasteiger partial charge in [-0.25, -0.2) is 0 Å². The molecular weight excluding hydrogens is 759 g/mol. The van der Waals surface area contributed by atoms with Gasteiger partial charge in [0.2, 0.25) is 29.5 Å². The number of rotatable bonds is 18. The molecule has 3 aromatic carbocycles. The van der Waals surface area contributed by atoms with E-state index in [9.17, 15) is 24.0 Å². The van der Waals surface area contributed by atoms with Crippen LogP contribution in [0.4, 0.5) is 0 Å². The topological polar surface area (TPSA) is 218 Å². The summed E-state index contributed by atoms with van der Waals surface area (Å²) in [7, 11) is 4.71. The van der Waals surface area contributed by atoms with Crippen LogP contribution in [-0.4, -0.2) is 86.3 Å². The lowest BCUT2D eigenvalue weighted by Crippen LogP contribution is -2.67. The zero-order valence-electron chi connectivity index (χ0n) is 35.7. The Kier molecular flexibility index (Phi) is 14.3. The highest BCUT2D eigenvalue weighted by Crippen LogP contribution is 2.49. The molecule has 1 heterocycles. The summed E-state index contributed by atoms with van der Waals surface area (Å²) in [6.07, 6.45) is -1.34. The number of nitrogens with two attached hydrogens (primary N) is 1. The molecule has 1 aliphatic rings. The first-order chi connectivity index (χ1) is 27.5. The van der Waals surface area contributed by atoms with Crippen molar-refractivity contribution < 1.29 is 47.4 Å². The fourth-order valence-corrected chi connectivity index (χ4v) is 6.54. The zero-order valence-corrected chi connectivity index (χ0v) is 35.7. The lowest BCUT2D eigenvalue weighted by molar-refractivity contribution is -0.140. The molecule has 0 aromatic heterocycles. The molecule has 0 unspecified atom stereocenters. The molecule has 5 amide bonds. The minimum atomic E-state index is -2.61. The average molecular weight is 818 g/mol. The van der Waals surface area contributed by atoms with Crippen LogP contribution in [0.15, 0.2) is 72.8 Å². The van der Waals surface area contributed by atoms with Gasteiger partial charge in [-0.05, 0) is 74.6 Å². The molecular formula is C42H58BN6O10-. The second kappa shape index (κ2) is 18.2. The van der Waals surface area contributed by atoms with Gasteiger partial charge in [-0.2, -0.15) is 0 Å². The standard InChI is InChI=1S/C42H58BN6O10/c1-39(2,36(52)47-41(5,6)38(54)49-42(7,8)37(53)48-40(3,4)35(51)45-25-32(44)50)46-24-26-18-12-15-21-29(26)43(57-11)58-33(27-19-13-16-22-30(27)55-9)34(59-43)28-20-14-17-23-31(28)56-10/h12-23,33-34,46H,24-25H2,1-11H3,(H2,44,50)(H,45,51)(H,47,52)(H,48,53)(H,49,54)/q-1/t33-,34-/m0/s1. The fraction of sp³-hybridized carbons (Fsp3) is 0.452. The molecule has 2 atom stereocenters. The molecule has 59 heavy (non-hydrogen) atoms. The lowest BCUT2D eigenvalue weighted by Gasteiger charge is -2.38. The van der Waals surface area contributed by atoms with Crippen LogP contribution in [0, 0.1) is 0 Å². The maximum Gasteiger partial charge on any atom is 0.410 e. The first-order valence-corrected chi connectivity index (χ1v) is 19.2. The smallest absolute Gasteiger partial charge is 0.410 e. The number of amides is 5. The van der Waals surface area contributed by atoms with Gasteiger partial charge in [-0.15, -0.1) is 5.46 Å². The number of ether oxygens (including phenoxy) is 2. The van der Waals surface area contributed by atoms with E-state index >= 15 is 0 Å². The zero-order chi connectivity index (χ0) is 44.0. The van der Waals surface area contributed by atoms with Crippen molar-refractivity contribution in [2.45, 2.75) is 96.3 Å². The first-order valence-electron chi connectivity index (χ1n) is 19.2. The van der Waals surface area contributed by atoms with E-state index in [0.29, 0.717) is 17.0 Å². The third kappa shape index (κ3) is 10.6. The van der Waals surface area contributed by atoms with Gasteiger partial charge in [0.05, 0.1) is 38.5 Å². The van der Waals surface area contributed by atoms with Crippen LogP contribution >= 0.6 is 0 Å². The summed E-state index contributed by atoms with van der Waals surface area (Å²) in [5.74, 6) is -2.00. The minimum absolute atomic E-state index is 0.164. The summed E-state index contributed by atoms with van der Waals surface area (Å²) in [5.41, 5.74) is 2.28. The summed E-state index contributed by atoms with van der Waals surface area (Å²) in [5, 5.41) is 13.7. The van der Waals surface area contributed by atoms with Crippen LogP contribution in [0.1, 0.15) is 84.3 Å². The molecule has 1 saturated heterocycles. The highest BCUT2D eigenvalue weighted by molar-refractivity contribution is 6.76. The van der Waals surface area contributed by atoms with Crippen molar-refractivity contribution in [3.63, 3.8) is 0 Å². The quantitative estimate of drug-likeness (QED) is 0.102. The molecule has 0 bridgehead atoms. The third-order valence-electron chi connectivity index (χ3n) is 10.3. The number of benzene rings is 3. The molecule has 0 spiro atoms. The molecule has 3 aromatic rings. The van der Waals surface area contributed by atoms with Crippen LogP contribution in [0.5, 0.6) is 11.5 Å². The van der Waals surface area contributed by atoms with E-state index in [1.165, 1.54) is 48.7 Å². The number of hydrogen-bond donors (Lipinski definition) is 6. The number of primary amides is 1. The van der Waals surface area contributed by atoms with Gasteiger partial charge in [-0.3, -0.25) is 29.3 Å². The second-order valence-electron chi connectivity index (χ2n) is 16.5. The van der Waals surface area contributed by atoms with Crippen molar-refractivity contribution >= 4 is 41.8 Å². The van der Waals surface area contributed by atoms with Gasteiger partial charge in [-0.1, -0.05) is 66.2 Å². The maximum absolute atomic E-state index is 13.9. The van der Waals surface area contributed by atoms with E-state index in [1.807, 2.05) is 72.8 Å². The van der Waals surface area contributed by atoms with Gasteiger partial charge in [0.1, 0.15) is 28.1 Å². The van der Waals surface area contributed by atoms with E-state index < -0.39 is 77.2 Å². The van der Waals surface area contributed by atoms with Crippen molar-refractivity contribution in [1.82, 2.24) is 26.6 Å². The number of methoxy groups -OCH3 is 2. The summed E-state index contributed by atoms with van der Waals surface area (Å²) < 4.78 is 31.4. The van der Waals surface area contributed by atoms with E-state index in [1.54, 1.807) is 28.1 Å². The molecule has 0 saturated carbocycles. The predicted octanol–water partition coefficient (Wildman–Crippen LogP) is 2.18. The molecule has 320 valence electrons. The van der Waals surface area contributed by atoms with Gasteiger partial charge in [0, 0.05) is 17.7 Å². The van der Waals surface area contributed by atoms with E-state index in [-0.39, 0.29) is 6.54 Å². The summed E-state index contributed by atoms with van der Waals surface area (Å²) in [4.78, 5) is 64.4. The largest absolute Gasteiger partial charge is 0.543 e. The Labute approximate surface area is 346 Å². The normalized spacial score (nSPS) is 16.7. The average Bonchev–Trinajstić information content (AvgIpc) is 3.59. The molecule has 1 fully saturated rings. The molecule has 0 radical (unpaired) electrons. The minimum Gasteiger partial charge on any atom is -0.543 e. The Morgan fingerprint density at radius 1 is 0.610 bits per heavy atom. The van der Waals surface area contributed by atoms with Crippen molar-refractivity contribution in [3.05, 3.63) is 89.5 Å². The fourth-order valence-electron chi connectivity index (χ4n) is 6.54. The van der Waals surface area contributed by atoms with Crippen molar-refractivity contribution in [2.75, 3.05) is 27.9 Å². The Bertz CT molecular complexity index is 1980.